The Morgan fingerprint density at radius 1 is 1.29 bits per heavy atom. The summed E-state index contributed by atoms with van der Waals surface area (Å²) in [4.78, 5) is 16.3. The molecule has 21 heavy (non-hydrogen) atoms. The molecule has 116 valence electrons. The first-order valence-electron chi connectivity index (χ1n) is 7.50. The predicted molar refractivity (Wildman–Crippen MR) is 86.9 cm³/mol. The van der Waals surface area contributed by atoms with Gasteiger partial charge >= 0.3 is 0 Å². The van der Waals surface area contributed by atoms with Crippen LogP contribution in [0.1, 0.15) is 50.4 Å². The third kappa shape index (κ3) is 4.33. The lowest BCUT2D eigenvalue weighted by molar-refractivity contribution is 0.0868. The van der Waals surface area contributed by atoms with Gasteiger partial charge in [-0.3, -0.25) is 4.79 Å². The van der Waals surface area contributed by atoms with Crippen LogP contribution in [0, 0.1) is 17.8 Å². The van der Waals surface area contributed by atoms with Crippen LogP contribution < -0.4 is 5.32 Å². The molecule has 0 radical (unpaired) electrons. The highest BCUT2D eigenvalue weighted by Gasteiger charge is 2.31. The average Bonchev–Trinajstić information content (AvgIpc) is 2.37. The minimum absolute atomic E-state index is 0.119. The molecule has 3 atom stereocenters. The number of nitrogens with zero attached hydrogens (tertiary/aromatic N) is 1. The van der Waals surface area contributed by atoms with E-state index < -0.39 is 0 Å². The number of carbonyl (C=O) groups excluding carboxylic acids is 1. The monoisotopic (exact) mass is 328 g/mol. The quantitative estimate of drug-likeness (QED) is 0.825. The number of halogens is 2. The number of hydrogen-bond donors (Lipinski definition) is 1. The standard InChI is InChI=1S/C16H22Cl2N2O/c1-9(2)12-5-4-10(3)6-13(12)19-16(21)11-7-14(17)20-15(18)8-11/h7-10,12-13H,4-6H2,1-3H3,(H,19,21). The minimum atomic E-state index is -0.119. The van der Waals surface area contributed by atoms with E-state index in [1.54, 1.807) is 12.1 Å². The van der Waals surface area contributed by atoms with Crippen molar-refractivity contribution in [2.75, 3.05) is 0 Å². The smallest absolute Gasteiger partial charge is 0.251 e. The molecular formula is C16H22Cl2N2O. The second kappa shape index (κ2) is 6.97. The maximum Gasteiger partial charge on any atom is 0.251 e. The van der Waals surface area contributed by atoms with Crippen LogP contribution in [-0.2, 0) is 0 Å². The Bertz CT molecular complexity index is 499. The van der Waals surface area contributed by atoms with Crippen molar-refractivity contribution in [1.82, 2.24) is 10.3 Å². The van der Waals surface area contributed by atoms with Gasteiger partial charge in [0.15, 0.2) is 0 Å². The van der Waals surface area contributed by atoms with Gasteiger partial charge in [0, 0.05) is 11.6 Å². The van der Waals surface area contributed by atoms with Gasteiger partial charge in [-0.05, 0) is 42.7 Å². The van der Waals surface area contributed by atoms with E-state index in [4.69, 9.17) is 23.2 Å². The van der Waals surface area contributed by atoms with E-state index in [1.165, 1.54) is 12.8 Å². The van der Waals surface area contributed by atoms with Crippen LogP contribution in [0.2, 0.25) is 10.3 Å². The summed E-state index contributed by atoms with van der Waals surface area (Å²) in [5, 5.41) is 3.65. The van der Waals surface area contributed by atoms with Crippen molar-refractivity contribution in [3.63, 3.8) is 0 Å². The first kappa shape index (κ1) is 16.6. The van der Waals surface area contributed by atoms with Crippen molar-refractivity contribution in [1.29, 1.82) is 0 Å². The second-order valence-corrected chi connectivity index (χ2v) is 7.18. The van der Waals surface area contributed by atoms with Crippen molar-refractivity contribution < 1.29 is 4.79 Å². The number of nitrogens with one attached hydrogen (secondary N) is 1. The van der Waals surface area contributed by atoms with Crippen LogP contribution in [0.3, 0.4) is 0 Å². The van der Waals surface area contributed by atoms with Gasteiger partial charge in [0.25, 0.3) is 5.91 Å². The van der Waals surface area contributed by atoms with E-state index in [2.05, 4.69) is 31.1 Å². The molecule has 0 aromatic carbocycles. The van der Waals surface area contributed by atoms with Crippen molar-refractivity contribution in [3.05, 3.63) is 28.0 Å². The molecule has 1 aliphatic rings. The molecule has 1 N–H and O–H groups in total. The molecule has 5 heteroatoms. The maximum atomic E-state index is 12.4. The van der Waals surface area contributed by atoms with E-state index >= 15 is 0 Å². The van der Waals surface area contributed by atoms with Crippen LogP contribution in [0.15, 0.2) is 12.1 Å². The Balaban J connectivity index is 2.12. The lowest BCUT2D eigenvalue weighted by Gasteiger charge is -2.37. The SMILES string of the molecule is CC1CCC(C(C)C)C(NC(=O)c2cc(Cl)nc(Cl)c2)C1. The van der Waals surface area contributed by atoms with E-state index in [9.17, 15) is 4.79 Å². The number of carbonyl (C=O) groups is 1. The Hall–Kier alpha value is -0.800. The van der Waals surface area contributed by atoms with Crippen LogP contribution in [0.25, 0.3) is 0 Å². The van der Waals surface area contributed by atoms with Crippen molar-refractivity contribution >= 4 is 29.1 Å². The summed E-state index contributed by atoms with van der Waals surface area (Å²) in [6.07, 6.45) is 3.44. The molecule has 3 nitrogen and oxygen atoms in total. The molecule has 1 aliphatic carbocycles. The zero-order valence-corrected chi connectivity index (χ0v) is 14.2. The van der Waals surface area contributed by atoms with Crippen LogP contribution in [-0.4, -0.2) is 16.9 Å². The molecule has 3 unspecified atom stereocenters. The maximum absolute atomic E-state index is 12.4. The molecule has 0 spiro atoms. The van der Waals surface area contributed by atoms with Crippen LogP contribution >= 0.6 is 23.2 Å². The fraction of sp³-hybridized carbons (Fsp3) is 0.625. The summed E-state index contributed by atoms with van der Waals surface area (Å²) in [7, 11) is 0. The molecule has 0 saturated heterocycles. The van der Waals surface area contributed by atoms with Gasteiger partial charge in [-0.1, -0.05) is 50.4 Å². The summed E-state index contributed by atoms with van der Waals surface area (Å²) < 4.78 is 0. The summed E-state index contributed by atoms with van der Waals surface area (Å²) in [6, 6.07) is 3.32. The fourth-order valence-electron chi connectivity index (χ4n) is 3.22. The van der Waals surface area contributed by atoms with Gasteiger partial charge in [0.1, 0.15) is 10.3 Å². The molecule has 1 fully saturated rings. The summed E-state index contributed by atoms with van der Waals surface area (Å²) in [5.74, 6) is 1.62. The molecule has 1 amide bonds. The molecule has 1 aromatic heterocycles. The topological polar surface area (TPSA) is 42.0 Å². The Morgan fingerprint density at radius 3 is 2.48 bits per heavy atom. The average molecular weight is 329 g/mol. The van der Waals surface area contributed by atoms with E-state index in [0.717, 1.165) is 6.42 Å². The van der Waals surface area contributed by atoms with Gasteiger partial charge in [-0.25, -0.2) is 4.98 Å². The fourth-order valence-corrected chi connectivity index (χ4v) is 3.68. The molecular weight excluding hydrogens is 307 g/mol. The molecule has 1 saturated carbocycles. The predicted octanol–water partition coefficient (Wildman–Crippen LogP) is 4.58. The number of pyridine rings is 1. The van der Waals surface area contributed by atoms with Crippen LogP contribution in [0.5, 0.6) is 0 Å². The normalized spacial score (nSPS) is 25.9. The van der Waals surface area contributed by atoms with Crippen molar-refractivity contribution in [2.45, 2.75) is 46.1 Å². The minimum Gasteiger partial charge on any atom is -0.349 e. The zero-order valence-electron chi connectivity index (χ0n) is 12.7. The third-order valence-corrected chi connectivity index (χ3v) is 4.75. The molecule has 1 heterocycles. The molecule has 2 rings (SSSR count). The molecule has 1 aromatic rings. The van der Waals surface area contributed by atoms with E-state index in [-0.39, 0.29) is 22.3 Å². The highest BCUT2D eigenvalue weighted by atomic mass is 35.5. The largest absolute Gasteiger partial charge is 0.349 e. The van der Waals surface area contributed by atoms with Gasteiger partial charge < -0.3 is 5.32 Å². The molecule has 0 bridgehead atoms. The lowest BCUT2D eigenvalue weighted by Crippen LogP contribution is -2.45. The lowest BCUT2D eigenvalue weighted by atomic mass is 9.74. The third-order valence-electron chi connectivity index (χ3n) is 4.36. The highest BCUT2D eigenvalue weighted by molar-refractivity contribution is 6.33. The van der Waals surface area contributed by atoms with E-state index in [0.29, 0.717) is 23.3 Å². The summed E-state index contributed by atoms with van der Waals surface area (Å²) in [6.45, 7) is 6.69. The number of aromatic nitrogens is 1. The van der Waals surface area contributed by atoms with E-state index in [1.807, 2.05) is 0 Å². The van der Waals surface area contributed by atoms with Crippen molar-refractivity contribution in [3.8, 4) is 0 Å². The Kier molecular flexibility index (Phi) is 5.50. The number of rotatable bonds is 3. The van der Waals surface area contributed by atoms with Crippen LogP contribution in [0.4, 0.5) is 0 Å². The van der Waals surface area contributed by atoms with Gasteiger partial charge in [-0.2, -0.15) is 0 Å². The van der Waals surface area contributed by atoms with Gasteiger partial charge in [0.05, 0.1) is 0 Å². The number of hydrogen-bond acceptors (Lipinski definition) is 2. The van der Waals surface area contributed by atoms with Gasteiger partial charge in [0.2, 0.25) is 0 Å². The summed E-state index contributed by atoms with van der Waals surface area (Å²) in [5.41, 5.74) is 0.473. The Labute approximate surface area is 136 Å². The van der Waals surface area contributed by atoms with Crippen molar-refractivity contribution in [2.24, 2.45) is 17.8 Å². The summed E-state index contributed by atoms with van der Waals surface area (Å²) >= 11 is 11.7. The first-order valence-corrected chi connectivity index (χ1v) is 8.26. The zero-order chi connectivity index (χ0) is 15.6. The molecule has 0 aliphatic heterocycles. The highest BCUT2D eigenvalue weighted by Crippen LogP contribution is 2.33. The second-order valence-electron chi connectivity index (χ2n) is 6.41. The Morgan fingerprint density at radius 2 is 1.90 bits per heavy atom. The first-order chi connectivity index (χ1) is 9.86. The van der Waals surface area contributed by atoms with Gasteiger partial charge in [-0.15, -0.1) is 0 Å². The number of amides is 1.